The quantitative estimate of drug-likeness (QED) is 0.889. The number of nitrogens with two attached hydrogens (primary N) is 1. The molecule has 0 aliphatic carbocycles. The highest BCUT2D eigenvalue weighted by molar-refractivity contribution is 6.01. The first-order valence-corrected chi connectivity index (χ1v) is 8.10. The van der Waals surface area contributed by atoms with E-state index in [2.05, 4.69) is 0 Å². The molecule has 2 heterocycles. The second kappa shape index (κ2) is 6.68. The molecule has 6 heteroatoms. The summed E-state index contributed by atoms with van der Waals surface area (Å²) in [5.74, 6) is -0.144. The normalized spacial score (nSPS) is 27.5. The smallest absolute Gasteiger partial charge is 0.252 e. The molecule has 1 unspecified atom stereocenters. The summed E-state index contributed by atoms with van der Waals surface area (Å²) in [5, 5.41) is 0. The summed E-state index contributed by atoms with van der Waals surface area (Å²) in [7, 11) is 1.69. The van der Waals surface area contributed by atoms with Crippen LogP contribution in [0.15, 0.2) is 30.3 Å². The molecule has 1 aromatic rings. The average molecular weight is 317 g/mol. The minimum absolute atomic E-state index is 0.0274. The second-order valence-electron chi connectivity index (χ2n) is 6.14. The Kier molecular flexibility index (Phi) is 4.63. The molecule has 2 N–H and O–H groups in total. The highest BCUT2D eigenvalue weighted by Crippen LogP contribution is 2.26. The zero-order valence-electron chi connectivity index (χ0n) is 13.4. The summed E-state index contributed by atoms with van der Waals surface area (Å²) >= 11 is 0. The lowest BCUT2D eigenvalue weighted by Gasteiger charge is -2.26. The largest absolute Gasteiger partial charge is 0.364 e. The molecule has 0 spiro atoms. The van der Waals surface area contributed by atoms with Gasteiger partial charge in [-0.3, -0.25) is 9.59 Å². The minimum atomic E-state index is -0.466. The van der Waals surface area contributed by atoms with Gasteiger partial charge in [0.2, 0.25) is 5.91 Å². The van der Waals surface area contributed by atoms with Crippen molar-refractivity contribution in [3.05, 3.63) is 30.3 Å². The van der Waals surface area contributed by atoms with Gasteiger partial charge < -0.3 is 20.3 Å². The Hall–Kier alpha value is -1.92. The van der Waals surface area contributed by atoms with Crippen molar-refractivity contribution in [2.45, 2.75) is 37.5 Å². The van der Waals surface area contributed by atoms with E-state index in [1.165, 1.54) is 0 Å². The van der Waals surface area contributed by atoms with Gasteiger partial charge in [0.05, 0.1) is 6.10 Å². The lowest BCUT2D eigenvalue weighted by atomic mass is 10.1. The van der Waals surface area contributed by atoms with Crippen molar-refractivity contribution in [1.82, 2.24) is 4.90 Å². The number of benzene rings is 1. The molecule has 0 radical (unpaired) electrons. The lowest BCUT2D eigenvalue weighted by molar-refractivity contribution is -0.146. The van der Waals surface area contributed by atoms with E-state index in [0.29, 0.717) is 25.9 Å². The van der Waals surface area contributed by atoms with E-state index in [1.54, 1.807) is 16.8 Å². The fourth-order valence-electron chi connectivity index (χ4n) is 3.33. The van der Waals surface area contributed by atoms with E-state index in [9.17, 15) is 9.59 Å². The maximum Gasteiger partial charge on any atom is 0.252 e. The van der Waals surface area contributed by atoms with Gasteiger partial charge in [-0.05, 0) is 31.4 Å². The van der Waals surface area contributed by atoms with Gasteiger partial charge in [-0.1, -0.05) is 18.2 Å². The summed E-state index contributed by atoms with van der Waals surface area (Å²) in [6.07, 6.45) is 1.61. The van der Waals surface area contributed by atoms with Crippen LogP contribution >= 0.6 is 0 Å². The molecule has 2 aliphatic heterocycles. The van der Waals surface area contributed by atoms with Crippen molar-refractivity contribution in [2.24, 2.45) is 5.73 Å². The summed E-state index contributed by atoms with van der Waals surface area (Å²) < 4.78 is 5.66. The van der Waals surface area contributed by atoms with Crippen molar-refractivity contribution in [1.29, 1.82) is 0 Å². The first-order chi connectivity index (χ1) is 11.1. The van der Waals surface area contributed by atoms with Crippen LogP contribution in [0.25, 0.3) is 0 Å². The fourth-order valence-corrected chi connectivity index (χ4v) is 3.33. The van der Waals surface area contributed by atoms with Crippen molar-refractivity contribution < 1.29 is 14.3 Å². The summed E-state index contributed by atoms with van der Waals surface area (Å²) in [6, 6.07) is 9.14. The van der Waals surface area contributed by atoms with Gasteiger partial charge in [-0.2, -0.15) is 0 Å². The molecule has 3 rings (SSSR count). The molecule has 2 saturated heterocycles. The predicted molar refractivity (Wildman–Crippen MR) is 86.9 cm³/mol. The van der Waals surface area contributed by atoms with Gasteiger partial charge in [-0.25, -0.2) is 0 Å². The molecule has 23 heavy (non-hydrogen) atoms. The van der Waals surface area contributed by atoms with E-state index in [0.717, 1.165) is 12.1 Å². The van der Waals surface area contributed by atoms with E-state index < -0.39 is 12.1 Å². The van der Waals surface area contributed by atoms with Crippen LogP contribution < -0.4 is 10.6 Å². The van der Waals surface area contributed by atoms with Gasteiger partial charge in [0.1, 0.15) is 12.1 Å². The molecule has 2 aliphatic rings. The summed E-state index contributed by atoms with van der Waals surface area (Å²) in [6.45, 7) is 1.06. The molecule has 0 bridgehead atoms. The van der Waals surface area contributed by atoms with Gasteiger partial charge in [0.25, 0.3) is 5.91 Å². The lowest BCUT2D eigenvalue weighted by Crippen LogP contribution is -2.47. The Balaban J connectivity index is 1.65. The second-order valence-corrected chi connectivity index (χ2v) is 6.14. The van der Waals surface area contributed by atoms with Crippen molar-refractivity contribution in [2.75, 3.05) is 25.0 Å². The number of carbonyl (C=O) groups excluding carboxylic acids is 2. The number of hydrogen-bond acceptors (Lipinski definition) is 4. The highest BCUT2D eigenvalue weighted by Gasteiger charge is 2.40. The van der Waals surface area contributed by atoms with Crippen LogP contribution in [0.3, 0.4) is 0 Å². The molecule has 6 nitrogen and oxygen atoms in total. The van der Waals surface area contributed by atoms with Gasteiger partial charge in [0, 0.05) is 25.8 Å². The van der Waals surface area contributed by atoms with Crippen LogP contribution in [0.4, 0.5) is 5.69 Å². The van der Waals surface area contributed by atoms with Gasteiger partial charge in [-0.15, -0.1) is 0 Å². The number of para-hydroxylation sites is 1. The first kappa shape index (κ1) is 16.0. The number of hydrogen-bond donors (Lipinski definition) is 1. The van der Waals surface area contributed by atoms with E-state index in [1.807, 2.05) is 30.3 Å². The van der Waals surface area contributed by atoms with Crippen molar-refractivity contribution in [3.63, 3.8) is 0 Å². The molecule has 124 valence electrons. The number of amides is 2. The highest BCUT2D eigenvalue weighted by atomic mass is 16.5. The van der Waals surface area contributed by atoms with Crippen LogP contribution in [0.1, 0.15) is 19.3 Å². The third-order valence-electron chi connectivity index (χ3n) is 4.71. The number of carbonyl (C=O) groups is 2. The van der Waals surface area contributed by atoms with Crippen LogP contribution in [0.2, 0.25) is 0 Å². The minimum Gasteiger partial charge on any atom is -0.364 e. The van der Waals surface area contributed by atoms with E-state index in [4.69, 9.17) is 10.5 Å². The zero-order chi connectivity index (χ0) is 16.4. The van der Waals surface area contributed by atoms with Gasteiger partial charge in [0.15, 0.2) is 0 Å². The third-order valence-corrected chi connectivity index (χ3v) is 4.71. The summed E-state index contributed by atoms with van der Waals surface area (Å²) in [5.41, 5.74) is 6.46. The van der Waals surface area contributed by atoms with Crippen LogP contribution in [0.5, 0.6) is 0 Å². The van der Waals surface area contributed by atoms with E-state index >= 15 is 0 Å². The number of nitrogens with zero attached hydrogens (tertiary/aromatic N) is 2. The molecule has 2 amide bonds. The fraction of sp³-hybridized carbons (Fsp3) is 0.529. The van der Waals surface area contributed by atoms with E-state index in [-0.39, 0.29) is 17.9 Å². The molecule has 2 fully saturated rings. The standard InChI is InChI=1S/C17H23N3O3/c1-19(17(22)15-8-7-13(11-18)23-15)14-9-10-20(16(14)21)12-5-3-2-4-6-12/h2-6,13-15H,7-11,18H2,1H3/t13-,14?,15+/m1/s1. The number of anilines is 1. The average Bonchev–Trinajstić information content (AvgIpc) is 3.21. The molecular formula is C17H23N3O3. The number of likely N-dealkylation sites (N-methyl/N-ethyl adjacent to an activating group) is 1. The Morgan fingerprint density at radius 3 is 2.70 bits per heavy atom. The topological polar surface area (TPSA) is 75.9 Å². The number of rotatable bonds is 4. The molecular weight excluding hydrogens is 294 g/mol. The predicted octanol–water partition coefficient (Wildman–Crippen LogP) is 0.757. The maximum absolute atomic E-state index is 12.7. The molecule has 1 aromatic carbocycles. The molecule has 0 saturated carbocycles. The third kappa shape index (κ3) is 3.09. The summed E-state index contributed by atoms with van der Waals surface area (Å²) in [4.78, 5) is 28.5. The van der Waals surface area contributed by atoms with Crippen LogP contribution in [-0.4, -0.2) is 55.1 Å². The number of ether oxygens (including phenoxy) is 1. The Morgan fingerprint density at radius 1 is 1.30 bits per heavy atom. The van der Waals surface area contributed by atoms with Crippen LogP contribution in [0, 0.1) is 0 Å². The maximum atomic E-state index is 12.7. The Labute approximate surface area is 136 Å². The molecule has 0 aromatic heterocycles. The van der Waals surface area contributed by atoms with Crippen molar-refractivity contribution in [3.8, 4) is 0 Å². The Bertz CT molecular complexity index is 578. The molecule has 3 atom stereocenters. The first-order valence-electron chi connectivity index (χ1n) is 8.10. The van der Waals surface area contributed by atoms with Gasteiger partial charge >= 0.3 is 0 Å². The monoisotopic (exact) mass is 317 g/mol. The SMILES string of the molecule is CN(C(=O)[C@@H]1CC[C@H](CN)O1)C1CCN(c2ccccc2)C1=O. The van der Waals surface area contributed by atoms with Crippen molar-refractivity contribution >= 4 is 17.5 Å². The van der Waals surface area contributed by atoms with Crippen LogP contribution in [-0.2, 0) is 14.3 Å². The Morgan fingerprint density at radius 2 is 2.04 bits per heavy atom. The zero-order valence-corrected chi connectivity index (χ0v) is 13.4.